The molecular formula is C13H23NO3. The predicted molar refractivity (Wildman–Crippen MR) is 65.0 cm³/mol. The lowest BCUT2D eigenvalue weighted by atomic mass is 9.90. The zero-order valence-corrected chi connectivity index (χ0v) is 10.6. The number of aliphatic carboxylic acids is 1. The highest BCUT2D eigenvalue weighted by Gasteiger charge is 2.35. The van der Waals surface area contributed by atoms with E-state index in [1.807, 2.05) is 0 Å². The van der Waals surface area contributed by atoms with Gasteiger partial charge < -0.3 is 9.84 Å². The molecule has 4 nitrogen and oxygen atoms in total. The minimum absolute atomic E-state index is 0.331. The summed E-state index contributed by atoms with van der Waals surface area (Å²) in [5.41, 5.74) is 0. The number of hydrogen-bond acceptors (Lipinski definition) is 3. The van der Waals surface area contributed by atoms with E-state index in [-0.39, 0.29) is 0 Å². The van der Waals surface area contributed by atoms with Gasteiger partial charge in [0.2, 0.25) is 0 Å². The zero-order chi connectivity index (χ0) is 12.3. The molecule has 0 aromatic carbocycles. The van der Waals surface area contributed by atoms with E-state index in [0.29, 0.717) is 24.5 Å². The van der Waals surface area contributed by atoms with Crippen LogP contribution in [-0.4, -0.2) is 47.8 Å². The summed E-state index contributed by atoms with van der Waals surface area (Å²) < 4.78 is 5.74. The monoisotopic (exact) mass is 241 g/mol. The van der Waals surface area contributed by atoms with E-state index in [2.05, 4.69) is 11.8 Å². The lowest BCUT2D eigenvalue weighted by Crippen LogP contribution is -2.54. The van der Waals surface area contributed by atoms with Crippen molar-refractivity contribution in [1.29, 1.82) is 0 Å². The highest BCUT2D eigenvalue weighted by atomic mass is 16.5. The smallest absolute Gasteiger partial charge is 0.303 e. The zero-order valence-electron chi connectivity index (χ0n) is 10.6. The van der Waals surface area contributed by atoms with Crippen LogP contribution < -0.4 is 0 Å². The van der Waals surface area contributed by atoms with Crippen molar-refractivity contribution >= 4 is 5.97 Å². The minimum Gasteiger partial charge on any atom is -0.481 e. The Kier molecular flexibility index (Phi) is 4.40. The van der Waals surface area contributed by atoms with Crippen LogP contribution in [0.15, 0.2) is 0 Å². The number of carboxylic acid groups (broad SMARTS) is 1. The number of likely N-dealkylation sites (tertiary alicyclic amines) is 1. The van der Waals surface area contributed by atoms with Gasteiger partial charge in [0.25, 0.3) is 0 Å². The van der Waals surface area contributed by atoms with Gasteiger partial charge in [-0.3, -0.25) is 9.69 Å². The molecule has 2 aliphatic heterocycles. The summed E-state index contributed by atoms with van der Waals surface area (Å²) in [4.78, 5) is 13.0. The molecule has 17 heavy (non-hydrogen) atoms. The van der Waals surface area contributed by atoms with Gasteiger partial charge >= 0.3 is 5.97 Å². The van der Waals surface area contributed by atoms with Gasteiger partial charge in [-0.15, -0.1) is 0 Å². The van der Waals surface area contributed by atoms with Gasteiger partial charge in [0.1, 0.15) is 0 Å². The molecular weight excluding hydrogens is 218 g/mol. The van der Waals surface area contributed by atoms with Gasteiger partial charge in [0, 0.05) is 25.7 Å². The van der Waals surface area contributed by atoms with Crippen LogP contribution in [0.5, 0.6) is 0 Å². The number of hydrogen-bond donors (Lipinski definition) is 1. The maximum absolute atomic E-state index is 10.6. The molecule has 2 fully saturated rings. The molecule has 0 aromatic heterocycles. The first-order chi connectivity index (χ1) is 8.19. The Labute approximate surface area is 103 Å². The summed E-state index contributed by atoms with van der Waals surface area (Å²) in [5.74, 6) is -0.287. The van der Waals surface area contributed by atoms with Crippen molar-refractivity contribution in [2.45, 2.75) is 51.2 Å². The highest BCUT2D eigenvalue weighted by Crippen LogP contribution is 2.29. The van der Waals surface area contributed by atoms with Crippen LogP contribution in [0.2, 0.25) is 0 Å². The topological polar surface area (TPSA) is 49.8 Å². The first-order valence-electron chi connectivity index (χ1n) is 6.76. The summed E-state index contributed by atoms with van der Waals surface area (Å²) in [7, 11) is 0. The fraction of sp³-hybridized carbons (Fsp3) is 0.923. The normalized spacial score (nSPS) is 31.1. The van der Waals surface area contributed by atoms with Crippen molar-refractivity contribution in [2.75, 3.05) is 19.7 Å². The predicted octanol–water partition coefficient (Wildman–Crippen LogP) is 1.74. The van der Waals surface area contributed by atoms with Crippen LogP contribution in [-0.2, 0) is 9.53 Å². The molecule has 98 valence electrons. The van der Waals surface area contributed by atoms with E-state index < -0.39 is 5.97 Å². The lowest BCUT2D eigenvalue weighted by molar-refractivity contribution is -0.140. The minimum atomic E-state index is -0.662. The largest absolute Gasteiger partial charge is 0.481 e. The summed E-state index contributed by atoms with van der Waals surface area (Å²) in [6.07, 6.45) is 5.34. The molecule has 2 atom stereocenters. The van der Waals surface area contributed by atoms with Crippen molar-refractivity contribution in [2.24, 2.45) is 5.92 Å². The van der Waals surface area contributed by atoms with Gasteiger partial charge in [0.05, 0.1) is 12.5 Å². The first kappa shape index (κ1) is 12.8. The average Bonchev–Trinajstić information content (AvgIpc) is 2.23. The van der Waals surface area contributed by atoms with Crippen LogP contribution in [0.4, 0.5) is 0 Å². The highest BCUT2D eigenvalue weighted by molar-refractivity contribution is 5.67. The molecule has 0 saturated carbocycles. The maximum Gasteiger partial charge on any atom is 0.303 e. The molecule has 0 bridgehead atoms. The molecule has 2 unspecified atom stereocenters. The first-order valence-corrected chi connectivity index (χ1v) is 6.76. The van der Waals surface area contributed by atoms with Gasteiger partial charge in [0.15, 0.2) is 0 Å². The summed E-state index contributed by atoms with van der Waals surface area (Å²) >= 11 is 0. The summed E-state index contributed by atoms with van der Waals surface area (Å²) in [6.45, 7) is 5.00. The molecule has 1 N–H and O–H groups in total. The van der Waals surface area contributed by atoms with Gasteiger partial charge in [-0.25, -0.2) is 0 Å². The van der Waals surface area contributed by atoms with E-state index in [1.54, 1.807) is 0 Å². The molecule has 4 heteroatoms. The molecule has 0 amide bonds. The molecule has 0 spiro atoms. The van der Waals surface area contributed by atoms with E-state index in [4.69, 9.17) is 9.84 Å². The van der Waals surface area contributed by atoms with Crippen molar-refractivity contribution in [3.8, 4) is 0 Å². The maximum atomic E-state index is 10.6. The molecule has 2 heterocycles. The Morgan fingerprint density at radius 2 is 2.24 bits per heavy atom. The van der Waals surface area contributed by atoms with Crippen LogP contribution >= 0.6 is 0 Å². The molecule has 2 aliphatic rings. The third-order valence-electron chi connectivity index (χ3n) is 3.92. The van der Waals surface area contributed by atoms with E-state index in [0.717, 1.165) is 39.0 Å². The molecule has 0 aliphatic carbocycles. The van der Waals surface area contributed by atoms with Crippen molar-refractivity contribution in [3.05, 3.63) is 0 Å². The van der Waals surface area contributed by atoms with Gasteiger partial charge in [-0.05, 0) is 25.2 Å². The van der Waals surface area contributed by atoms with E-state index in [9.17, 15) is 4.79 Å². The third-order valence-corrected chi connectivity index (χ3v) is 3.92. The quantitative estimate of drug-likeness (QED) is 0.796. The SMILES string of the molecule is CCCC1CC(N2CC(CC(=O)O)C2)CCO1. The summed E-state index contributed by atoms with van der Waals surface area (Å²) in [6, 6.07) is 0.630. The third kappa shape index (κ3) is 3.42. The molecule has 0 aromatic rings. The van der Waals surface area contributed by atoms with Crippen molar-refractivity contribution in [1.82, 2.24) is 4.90 Å². The Balaban J connectivity index is 1.71. The number of carboxylic acids is 1. The average molecular weight is 241 g/mol. The van der Waals surface area contributed by atoms with Crippen LogP contribution in [0.25, 0.3) is 0 Å². The molecule has 2 saturated heterocycles. The molecule has 2 rings (SSSR count). The number of rotatable bonds is 5. The Morgan fingerprint density at radius 1 is 1.47 bits per heavy atom. The van der Waals surface area contributed by atoms with Crippen LogP contribution in [0.3, 0.4) is 0 Å². The second kappa shape index (κ2) is 5.83. The molecule has 0 radical (unpaired) electrons. The lowest BCUT2D eigenvalue weighted by Gasteiger charge is -2.46. The van der Waals surface area contributed by atoms with E-state index >= 15 is 0 Å². The fourth-order valence-electron chi connectivity index (χ4n) is 3.00. The Morgan fingerprint density at radius 3 is 2.88 bits per heavy atom. The standard InChI is InChI=1S/C13H23NO3/c1-2-3-12-7-11(4-5-17-12)14-8-10(9-14)6-13(15)16/h10-12H,2-9H2,1H3,(H,15,16). The van der Waals surface area contributed by atoms with Crippen molar-refractivity contribution in [3.63, 3.8) is 0 Å². The second-order valence-corrected chi connectivity index (χ2v) is 5.38. The fourth-order valence-corrected chi connectivity index (χ4v) is 3.00. The van der Waals surface area contributed by atoms with Crippen LogP contribution in [0.1, 0.15) is 39.0 Å². The number of carbonyl (C=O) groups is 1. The Bertz CT molecular complexity index is 261. The van der Waals surface area contributed by atoms with E-state index in [1.165, 1.54) is 6.42 Å². The van der Waals surface area contributed by atoms with Gasteiger partial charge in [-0.1, -0.05) is 13.3 Å². The van der Waals surface area contributed by atoms with Crippen molar-refractivity contribution < 1.29 is 14.6 Å². The number of ether oxygens (including phenoxy) is 1. The Hall–Kier alpha value is -0.610. The summed E-state index contributed by atoms with van der Waals surface area (Å²) in [5, 5.41) is 8.72. The van der Waals surface area contributed by atoms with Crippen LogP contribution in [0, 0.1) is 5.92 Å². The van der Waals surface area contributed by atoms with Gasteiger partial charge in [-0.2, -0.15) is 0 Å². The number of nitrogens with zero attached hydrogens (tertiary/aromatic N) is 1. The second-order valence-electron chi connectivity index (χ2n) is 5.38.